The van der Waals surface area contributed by atoms with Gasteiger partial charge in [-0.25, -0.2) is 4.79 Å². The Balaban J connectivity index is 2.14. The fraction of sp³-hybridized carbons (Fsp3) is 0.105. The zero-order valence-corrected chi connectivity index (χ0v) is 14.5. The fourth-order valence-electron chi connectivity index (χ4n) is 2.64. The molecule has 1 N–H and O–H groups in total. The molecule has 0 saturated carbocycles. The number of hydrogen-bond acceptors (Lipinski definition) is 1. The number of nitrogens with zero attached hydrogens (tertiary/aromatic N) is 1. The maximum absolute atomic E-state index is 11.2. The molecule has 0 spiro atoms. The summed E-state index contributed by atoms with van der Waals surface area (Å²) in [5.74, 6) is -0.958. The zero-order valence-electron chi connectivity index (χ0n) is 13.0. The van der Waals surface area contributed by atoms with Crippen molar-refractivity contribution in [3.05, 3.63) is 75.4 Å². The Morgan fingerprint density at radius 3 is 2.46 bits per heavy atom. The van der Waals surface area contributed by atoms with Crippen LogP contribution in [0.2, 0.25) is 10.2 Å². The molecule has 0 unspecified atom stereocenters. The van der Waals surface area contributed by atoms with Crippen molar-refractivity contribution in [2.75, 3.05) is 0 Å². The molecule has 0 fully saturated rings. The Morgan fingerprint density at radius 2 is 1.79 bits per heavy atom. The van der Waals surface area contributed by atoms with Crippen LogP contribution in [0.1, 0.15) is 18.1 Å². The van der Waals surface area contributed by atoms with Crippen LogP contribution in [0.25, 0.3) is 17.0 Å². The third-order valence-electron chi connectivity index (χ3n) is 3.90. The monoisotopic (exact) mass is 359 g/mol. The van der Waals surface area contributed by atoms with Crippen LogP contribution in [0, 0.1) is 0 Å². The number of aromatic nitrogens is 1. The number of carbonyl (C=O) groups is 1. The zero-order chi connectivity index (χ0) is 17.3. The van der Waals surface area contributed by atoms with Crippen molar-refractivity contribution in [2.45, 2.75) is 13.5 Å². The van der Waals surface area contributed by atoms with Gasteiger partial charge >= 0.3 is 5.97 Å². The Labute approximate surface area is 149 Å². The normalized spacial score (nSPS) is 11.9. The van der Waals surface area contributed by atoms with E-state index in [-0.39, 0.29) is 5.57 Å². The van der Waals surface area contributed by atoms with Crippen molar-refractivity contribution in [2.24, 2.45) is 0 Å². The van der Waals surface area contributed by atoms with Crippen molar-refractivity contribution in [3.8, 4) is 0 Å². The van der Waals surface area contributed by atoms with Crippen LogP contribution in [0.3, 0.4) is 0 Å². The number of benzene rings is 2. The van der Waals surface area contributed by atoms with Crippen LogP contribution in [0.5, 0.6) is 0 Å². The number of fused-ring (bicyclic) bond motifs is 1. The first kappa shape index (κ1) is 16.6. The minimum absolute atomic E-state index is 0.242. The van der Waals surface area contributed by atoms with Crippen LogP contribution in [0.4, 0.5) is 0 Å². The highest BCUT2D eigenvalue weighted by molar-refractivity contribution is 6.33. The van der Waals surface area contributed by atoms with E-state index >= 15 is 0 Å². The van der Waals surface area contributed by atoms with Crippen molar-refractivity contribution < 1.29 is 9.90 Å². The highest BCUT2D eigenvalue weighted by Gasteiger charge is 2.15. The van der Waals surface area contributed by atoms with E-state index in [4.69, 9.17) is 28.3 Å². The summed E-state index contributed by atoms with van der Waals surface area (Å²) in [6.07, 6.45) is 1.62. The van der Waals surface area contributed by atoms with E-state index in [1.165, 1.54) is 0 Å². The van der Waals surface area contributed by atoms with E-state index in [1.54, 1.807) is 13.0 Å². The van der Waals surface area contributed by atoms with Crippen LogP contribution in [-0.2, 0) is 11.3 Å². The SMILES string of the molecule is C/C(=C\c1c(Cl)n(Cc2ccc(Cl)cc2)c2ccccc12)C(=O)O. The molecule has 24 heavy (non-hydrogen) atoms. The van der Waals surface area contributed by atoms with Gasteiger partial charge in [-0.05, 0) is 36.8 Å². The summed E-state index contributed by atoms with van der Waals surface area (Å²) >= 11 is 12.5. The Kier molecular flexibility index (Phi) is 4.65. The number of hydrogen-bond donors (Lipinski definition) is 1. The minimum Gasteiger partial charge on any atom is -0.478 e. The lowest BCUT2D eigenvalue weighted by Crippen LogP contribution is -1.99. The largest absolute Gasteiger partial charge is 0.478 e. The molecular formula is C19H15Cl2NO2. The standard InChI is InChI=1S/C19H15Cl2NO2/c1-12(19(23)24)10-16-15-4-2-3-5-17(15)22(18(16)21)11-13-6-8-14(20)9-7-13/h2-10H,11H2,1H3,(H,23,24)/b12-10+. The second-order valence-electron chi connectivity index (χ2n) is 5.57. The van der Waals surface area contributed by atoms with Crippen molar-refractivity contribution in [1.82, 2.24) is 4.57 Å². The molecule has 2 aromatic carbocycles. The number of aliphatic carboxylic acids is 1. The minimum atomic E-state index is -0.958. The molecule has 122 valence electrons. The molecule has 0 amide bonds. The maximum Gasteiger partial charge on any atom is 0.331 e. The average Bonchev–Trinajstić information content (AvgIpc) is 2.82. The van der Waals surface area contributed by atoms with Gasteiger partial charge in [-0.3, -0.25) is 0 Å². The summed E-state index contributed by atoms with van der Waals surface area (Å²) in [6, 6.07) is 15.4. The predicted molar refractivity (Wildman–Crippen MR) is 98.8 cm³/mol. The number of carboxylic acid groups (broad SMARTS) is 1. The van der Waals surface area contributed by atoms with Crippen LogP contribution >= 0.6 is 23.2 Å². The molecule has 3 rings (SSSR count). The van der Waals surface area contributed by atoms with E-state index in [0.717, 1.165) is 22.0 Å². The number of carboxylic acids is 1. The van der Waals surface area contributed by atoms with Gasteiger partial charge in [0.2, 0.25) is 0 Å². The Morgan fingerprint density at radius 1 is 1.12 bits per heavy atom. The summed E-state index contributed by atoms with van der Waals surface area (Å²) in [6.45, 7) is 2.14. The Hall–Kier alpha value is -2.23. The predicted octanol–water partition coefficient (Wildman–Crippen LogP) is 5.48. The van der Waals surface area contributed by atoms with Gasteiger partial charge in [0.1, 0.15) is 5.15 Å². The van der Waals surface area contributed by atoms with Crippen LogP contribution < -0.4 is 0 Å². The number of para-hydroxylation sites is 1. The molecular weight excluding hydrogens is 345 g/mol. The van der Waals surface area contributed by atoms with Gasteiger partial charge in [0.15, 0.2) is 0 Å². The van der Waals surface area contributed by atoms with E-state index < -0.39 is 5.97 Å². The highest BCUT2D eigenvalue weighted by atomic mass is 35.5. The summed E-state index contributed by atoms with van der Waals surface area (Å²) in [5.41, 5.74) is 2.99. The van der Waals surface area contributed by atoms with Gasteiger partial charge in [-0.2, -0.15) is 0 Å². The quantitative estimate of drug-likeness (QED) is 0.626. The first-order valence-corrected chi connectivity index (χ1v) is 8.15. The van der Waals surface area contributed by atoms with E-state index in [2.05, 4.69) is 0 Å². The van der Waals surface area contributed by atoms with Crippen molar-refractivity contribution in [3.63, 3.8) is 0 Å². The lowest BCUT2D eigenvalue weighted by Gasteiger charge is -2.07. The lowest BCUT2D eigenvalue weighted by atomic mass is 10.1. The number of rotatable bonds is 4. The summed E-state index contributed by atoms with van der Waals surface area (Å²) < 4.78 is 1.97. The first-order valence-electron chi connectivity index (χ1n) is 7.40. The van der Waals surface area contributed by atoms with E-state index in [1.807, 2.05) is 53.1 Å². The molecule has 0 aliphatic heterocycles. The van der Waals surface area contributed by atoms with Gasteiger partial charge in [0.25, 0.3) is 0 Å². The second kappa shape index (κ2) is 6.71. The highest BCUT2D eigenvalue weighted by Crippen LogP contribution is 2.32. The summed E-state index contributed by atoms with van der Waals surface area (Å²) in [7, 11) is 0. The smallest absolute Gasteiger partial charge is 0.331 e. The van der Waals surface area contributed by atoms with E-state index in [0.29, 0.717) is 16.7 Å². The molecule has 1 heterocycles. The fourth-order valence-corrected chi connectivity index (χ4v) is 3.07. The first-order chi connectivity index (χ1) is 11.5. The maximum atomic E-state index is 11.2. The molecule has 0 radical (unpaired) electrons. The molecule has 0 bridgehead atoms. The van der Waals surface area contributed by atoms with Gasteiger partial charge in [0.05, 0.1) is 5.52 Å². The molecule has 5 heteroatoms. The molecule has 0 saturated heterocycles. The Bertz CT molecular complexity index is 940. The lowest BCUT2D eigenvalue weighted by molar-refractivity contribution is -0.132. The molecule has 0 atom stereocenters. The number of halogens is 2. The van der Waals surface area contributed by atoms with E-state index in [9.17, 15) is 4.79 Å². The molecule has 1 aromatic heterocycles. The summed E-state index contributed by atoms with van der Waals surface area (Å²) in [4.78, 5) is 11.2. The summed E-state index contributed by atoms with van der Waals surface area (Å²) in [5, 5.41) is 11.3. The van der Waals surface area contributed by atoms with Gasteiger partial charge in [0, 0.05) is 28.1 Å². The molecule has 0 aliphatic rings. The van der Waals surface area contributed by atoms with Gasteiger partial charge < -0.3 is 9.67 Å². The van der Waals surface area contributed by atoms with Crippen LogP contribution in [-0.4, -0.2) is 15.6 Å². The average molecular weight is 360 g/mol. The topological polar surface area (TPSA) is 42.2 Å². The molecule has 0 aliphatic carbocycles. The van der Waals surface area contributed by atoms with Gasteiger partial charge in [-0.1, -0.05) is 53.5 Å². The second-order valence-corrected chi connectivity index (χ2v) is 6.36. The molecule has 3 aromatic rings. The van der Waals surface area contributed by atoms with Crippen LogP contribution in [0.15, 0.2) is 54.1 Å². The third-order valence-corrected chi connectivity index (χ3v) is 4.56. The molecule has 3 nitrogen and oxygen atoms in total. The van der Waals surface area contributed by atoms with Crippen molar-refractivity contribution >= 4 is 46.2 Å². The van der Waals surface area contributed by atoms with Crippen molar-refractivity contribution in [1.29, 1.82) is 0 Å². The third kappa shape index (κ3) is 3.18. The van der Waals surface area contributed by atoms with Gasteiger partial charge in [-0.15, -0.1) is 0 Å².